The highest BCUT2D eigenvalue weighted by atomic mass is 32.2. The number of carbonyl (C=O) groups excluding carboxylic acids is 1. The Hall–Kier alpha value is -2.54. The first-order valence-electron chi connectivity index (χ1n) is 8.36. The third-order valence-electron chi connectivity index (χ3n) is 3.72. The normalized spacial score (nSPS) is 11.0. The van der Waals surface area contributed by atoms with Crippen molar-refractivity contribution in [1.82, 2.24) is 5.32 Å². The van der Waals surface area contributed by atoms with Crippen molar-refractivity contribution in [1.29, 1.82) is 0 Å². The summed E-state index contributed by atoms with van der Waals surface area (Å²) in [7, 11) is -3.47. The van der Waals surface area contributed by atoms with E-state index in [9.17, 15) is 13.2 Å². The van der Waals surface area contributed by atoms with Gasteiger partial charge in [-0.05, 0) is 50.2 Å². The molecule has 7 heteroatoms. The van der Waals surface area contributed by atoms with Gasteiger partial charge in [-0.2, -0.15) is 0 Å². The summed E-state index contributed by atoms with van der Waals surface area (Å²) in [5.74, 6) is 0.450. The molecule has 0 spiro atoms. The van der Waals surface area contributed by atoms with Gasteiger partial charge in [0.05, 0.1) is 25.1 Å². The zero-order chi connectivity index (χ0) is 19.2. The number of nitrogens with zero attached hydrogens (tertiary/aromatic N) is 1. The molecule has 0 fully saturated rings. The first kappa shape index (κ1) is 19.8. The molecule has 0 heterocycles. The van der Waals surface area contributed by atoms with Gasteiger partial charge in [0.25, 0.3) is 5.91 Å². The van der Waals surface area contributed by atoms with Crippen LogP contribution in [0.15, 0.2) is 48.5 Å². The molecule has 0 aromatic heterocycles. The largest absolute Gasteiger partial charge is 0.494 e. The standard InChI is InChI=1S/C19H24N2O4S/c1-4-25-18-10-8-17(9-11-18)21(26(3,23)24)13-12-20-19(22)16-7-5-6-15(2)14-16/h5-11,14H,4,12-13H2,1-3H3,(H,20,22). The first-order valence-corrected chi connectivity index (χ1v) is 10.2. The number of anilines is 1. The molecule has 1 amide bonds. The van der Waals surface area contributed by atoms with Gasteiger partial charge in [-0.3, -0.25) is 9.10 Å². The number of hydrogen-bond donors (Lipinski definition) is 1. The average molecular weight is 376 g/mol. The molecule has 140 valence electrons. The number of ether oxygens (including phenoxy) is 1. The van der Waals surface area contributed by atoms with Gasteiger partial charge in [-0.15, -0.1) is 0 Å². The van der Waals surface area contributed by atoms with E-state index in [1.165, 1.54) is 4.31 Å². The average Bonchev–Trinajstić information content (AvgIpc) is 2.59. The second-order valence-electron chi connectivity index (χ2n) is 5.89. The summed E-state index contributed by atoms with van der Waals surface area (Å²) in [5, 5.41) is 2.76. The molecule has 6 nitrogen and oxygen atoms in total. The third kappa shape index (κ3) is 5.49. The molecule has 2 rings (SSSR count). The van der Waals surface area contributed by atoms with Crippen molar-refractivity contribution in [3.63, 3.8) is 0 Å². The van der Waals surface area contributed by atoms with Crippen molar-refractivity contribution >= 4 is 21.6 Å². The van der Waals surface area contributed by atoms with Crippen LogP contribution in [0.3, 0.4) is 0 Å². The minimum absolute atomic E-state index is 0.143. The molecular formula is C19H24N2O4S. The fourth-order valence-electron chi connectivity index (χ4n) is 2.52. The SMILES string of the molecule is CCOc1ccc(N(CCNC(=O)c2cccc(C)c2)S(C)(=O)=O)cc1. The van der Waals surface area contributed by atoms with E-state index >= 15 is 0 Å². The van der Waals surface area contributed by atoms with Crippen molar-refractivity contribution in [2.75, 3.05) is 30.3 Å². The van der Waals surface area contributed by atoms with Gasteiger partial charge < -0.3 is 10.1 Å². The fourth-order valence-corrected chi connectivity index (χ4v) is 3.45. The number of hydrogen-bond acceptors (Lipinski definition) is 4. The predicted octanol–water partition coefficient (Wildman–Crippen LogP) is 2.59. The number of benzene rings is 2. The van der Waals surface area contributed by atoms with Gasteiger partial charge in [-0.25, -0.2) is 8.42 Å². The summed E-state index contributed by atoms with van der Waals surface area (Å²) >= 11 is 0. The monoisotopic (exact) mass is 376 g/mol. The Morgan fingerprint density at radius 1 is 1.15 bits per heavy atom. The predicted molar refractivity (Wildman–Crippen MR) is 103 cm³/mol. The van der Waals surface area contributed by atoms with Crippen molar-refractivity contribution < 1.29 is 17.9 Å². The van der Waals surface area contributed by atoms with Gasteiger partial charge >= 0.3 is 0 Å². The topological polar surface area (TPSA) is 75.7 Å². The number of amides is 1. The zero-order valence-corrected chi connectivity index (χ0v) is 16.0. The van der Waals surface area contributed by atoms with Crippen LogP contribution in [0.25, 0.3) is 0 Å². The first-order chi connectivity index (χ1) is 12.3. The van der Waals surface area contributed by atoms with Crippen LogP contribution in [0.5, 0.6) is 5.75 Å². The van der Waals surface area contributed by atoms with E-state index in [-0.39, 0.29) is 19.0 Å². The molecular weight excluding hydrogens is 352 g/mol. The molecule has 26 heavy (non-hydrogen) atoms. The Morgan fingerprint density at radius 2 is 1.85 bits per heavy atom. The zero-order valence-electron chi connectivity index (χ0n) is 15.2. The molecule has 0 atom stereocenters. The van der Waals surface area contributed by atoms with E-state index in [0.717, 1.165) is 11.8 Å². The van der Waals surface area contributed by atoms with E-state index in [0.29, 0.717) is 23.6 Å². The van der Waals surface area contributed by atoms with Crippen LogP contribution in [0, 0.1) is 6.92 Å². The lowest BCUT2D eigenvalue weighted by molar-refractivity contribution is 0.0954. The van der Waals surface area contributed by atoms with Crippen molar-refractivity contribution in [3.05, 3.63) is 59.7 Å². The van der Waals surface area contributed by atoms with Gasteiger partial charge in [0.2, 0.25) is 10.0 Å². The van der Waals surface area contributed by atoms with Crippen molar-refractivity contribution in [3.8, 4) is 5.75 Å². The van der Waals surface area contributed by atoms with E-state index < -0.39 is 10.0 Å². The Labute approximate surface area is 154 Å². The molecule has 0 aliphatic heterocycles. The van der Waals surface area contributed by atoms with Crippen LogP contribution in [0.2, 0.25) is 0 Å². The summed E-state index contributed by atoms with van der Waals surface area (Å²) in [4.78, 5) is 12.2. The molecule has 0 aliphatic rings. The second kappa shape index (κ2) is 8.71. The van der Waals surface area contributed by atoms with Crippen LogP contribution >= 0.6 is 0 Å². The highest BCUT2D eigenvalue weighted by molar-refractivity contribution is 7.92. The molecule has 0 bridgehead atoms. The van der Waals surface area contributed by atoms with Gasteiger partial charge in [0, 0.05) is 12.1 Å². The van der Waals surface area contributed by atoms with E-state index in [1.54, 1.807) is 36.4 Å². The number of nitrogens with one attached hydrogen (secondary N) is 1. The Morgan fingerprint density at radius 3 is 2.42 bits per heavy atom. The van der Waals surface area contributed by atoms with E-state index in [1.807, 2.05) is 26.0 Å². The second-order valence-corrected chi connectivity index (χ2v) is 7.79. The summed E-state index contributed by atoms with van der Waals surface area (Å²) in [6.07, 6.45) is 1.14. The molecule has 2 aromatic carbocycles. The van der Waals surface area contributed by atoms with E-state index in [2.05, 4.69) is 5.32 Å². The molecule has 0 unspecified atom stereocenters. The molecule has 0 saturated heterocycles. The number of aryl methyl sites for hydroxylation is 1. The fraction of sp³-hybridized carbons (Fsp3) is 0.316. The lowest BCUT2D eigenvalue weighted by Crippen LogP contribution is -2.38. The maximum Gasteiger partial charge on any atom is 0.251 e. The minimum Gasteiger partial charge on any atom is -0.494 e. The highest BCUT2D eigenvalue weighted by Gasteiger charge is 2.17. The number of sulfonamides is 1. The van der Waals surface area contributed by atoms with Crippen LogP contribution in [-0.2, 0) is 10.0 Å². The lowest BCUT2D eigenvalue weighted by atomic mass is 10.1. The number of rotatable bonds is 8. The van der Waals surface area contributed by atoms with Gasteiger partial charge in [0.1, 0.15) is 5.75 Å². The molecule has 1 N–H and O–H groups in total. The van der Waals surface area contributed by atoms with Gasteiger partial charge in [-0.1, -0.05) is 17.7 Å². The Balaban J connectivity index is 2.03. The third-order valence-corrected chi connectivity index (χ3v) is 4.91. The summed E-state index contributed by atoms with van der Waals surface area (Å²) in [6.45, 7) is 4.68. The molecule has 0 saturated carbocycles. The molecule has 2 aromatic rings. The van der Waals surface area contributed by atoms with Gasteiger partial charge in [0.15, 0.2) is 0 Å². The summed E-state index contributed by atoms with van der Waals surface area (Å²) < 4.78 is 30.9. The Kier molecular flexibility index (Phi) is 6.63. The maximum absolute atomic E-state index is 12.2. The summed E-state index contributed by atoms with van der Waals surface area (Å²) in [5.41, 5.74) is 2.07. The van der Waals surface area contributed by atoms with Crippen LogP contribution < -0.4 is 14.4 Å². The Bertz CT molecular complexity index is 848. The lowest BCUT2D eigenvalue weighted by Gasteiger charge is -2.22. The number of carbonyl (C=O) groups is 1. The van der Waals surface area contributed by atoms with Crippen molar-refractivity contribution in [2.45, 2.75) is 13.8 Å². The quantitative estimate of drug-likeness (QED) is 0.768. The summed E-state index contributed by atoms with van der Waals surface area (Å²) in [6, 6.07) is 14.1. The van der Waals surface area contributed by atoms with Crippen LogP contribution in [0.1, 0.15) is 22.8 Å². The van der Waals surface area contributed by atoms with Crippen molar-refractivity contribution in [2.24, 2.45) is 0 Å². The molecule has 0 radical (unpaired) electrons. The van der Waals surface area contributed by atoms with E-state index in [4.69, 9.17) is 4.74 Å². The minimum atomic E-state index is -3.47. The highest BCUT2D eigenvalue weighted by Crippen LogP contribution is 2.21. The van der Waals surface area contributed by atoms with Crippen LogP contribution in [-0.4, -0.2) is 40.3 Å². The molecule has 0 aliphatic carbocycles. The smallest absolute Gasteiger partial charge is 0.251 e. The van der Waals surface area contributed by atoms with Crippen LogP contribution in [0.4, 0.5) is 5.69 Å². The maximum atomic E-state index is 12.2.